The van der Waals surface area contributed by atoms with Crippen molar-refractivity contribution in [3.05, 3.63) is 92.9 Å². The van der Waals surface area contributed by atoms with Crippen LogP contribution in [0.3, 0.4) is 0 Å². The first kappa shape index (κ1) is 19.8. The standard InChI is InChI=1S/C21H20N4O4/c1-24-13-16(20(27)25(2)21(24)28)8-10-18(26)23-17-9-11-19(22-12-17)29-14-15-6-4-3-5-7-15/h3-13H,14H2,1-2H3,(H,23,26)/b10-8+. The van der Waals surface area contributed by atoms with Gasteiger partial charge in [-0.15, -0.1) is 0 Å². The fourth-order valence-electron chi connectivity index (χ4n) is 2.57. The molecule has 0 aliphatic heterocycles. The predicted molar refractivity (Wildman–Crippen MR) is 110 cm³/mol. The van der Waals surface area contributed by atoms with E-state index in [4.69, 9.17) is 4.74 Å². The number of hydrogen-bond acceptors (Lipinski definition) is 5. The third-order valence-electron chi connectivity index (χ3n) is 4.12. The minimum atomic E-state index is -0.473. The number of nitrogens with one attached hydrogen (secondary N) is 1. The third kappa shape index (κ3) is 5.07. The number of amides is 1. The van der Waals surface area contributed by atoms with Crippen molar-refractivity contribution in [1.29, 1.82) is 0 Å². The predicted octanol–water partition coefficient (Wildman–Crippen LogP) is 1.71. The van der Waals surface area contributed by atoms with Crippen LogP contribution < -0.4 is 21.3 Å². The molecule has 3 aromatic rings. The van der Waals surface area contributed by atoms with Gasteiger partial charge in [0.25, 0.3) is 5.56 Å². The summed E-state index contributed by atoms with van der Waals surface area (Å²) in [6.07, 6.45) is 5.45. The molecule has 0 aliphatic rings. The molecule has 8 heteroatoms. The minimum Gasteiger partial charge on any atom is -0.473 e. The summed E-state index contributed by atoms with van der Waals surface area (Å²) in [7, 11) is 2.92. The van der Waals surface area contributed by atoms with Gasteiger partial charge in [-0.1, -0.05) is 30.3 Å². The average molecular weight is 392 g/mol. The van der Waals surface area contributed by atoms with E-state index in [0.29, 0.717) is 18.2 Å². The summed E-state index contributed by atoms with van der Waals surface area (Å²) < 4.78 is 7.86. The van der Waals surface area contributed by atoms with Crippen LogP contribution in [-0.2, 0) is 25.5 Å². The van der Waals surface area contributed by atoms with E-state index in [1.165, 1.54) is 43.2 Å². The van der Waals surface area contributed by atoms with Crippen molar-refractivity contribution in [2.75, 3.05) is 5.32 Å². The van der Waals surface area contributed by atoms with Crippen LogP contribution in [0.4, 0.5) is 5.69 Å². The van der Waals surface area contributed by atoms with Crippen LogP contribution in [0.1, 0.15) is 11.1 Å². The number of aromatic nitrogens is 3. The number of aryl methyl sites for hydroxylation is 1. The summed E-state index contributed by atoms with van der Waals surface area (Å²) >= 11 is 0. The second-order valence-corrected chi connectivity index (χ2v) is 6.32. The SMILES string of the molecule is Cn1cc(/C=C/C(=O)Nc2ccc(OCc3ccccc3)nc2)c(=O)n(C)c1=O. The summed E-state index contributed by atoms with van der Waals surface area (Å²) in [5.74, 6) is 0.0109. The van der Waals surface area contributed by atoms with Crippen molar-refractivity contribution in [1.82, 2.24) is 14.1 Å². The first-order valence-corrected chi connectivity index (χ1v) is 8.82. The Morgan fingerprint density at radius 2 is 1.90 bits per heavy atom. The van der Waals surface area contributed by atoms with Gasteiger partial charge in [-0.3, -0.25) is 14.2 Å². The van der Waals surface area contributed by atoms with Crippen LogP contribution in [0.25, 0.3) is 6.08 Å². The van der Waals surface area contributed by atoms with E-state index in [-0.39, 0.29) is 5.56 Å². The van der Waals surface area contributed by atoms with Crippen LogP contribution in [0.2, 0.25) is 0 Å². The molecule has 1 aromatic carbocycles. The maximum absolute atomic E-state index is 12.1. The van der Waals surface area contributed by atoms with Gasteiger partial charge in [0.15, 0.2) is 0 Å². The summed E-state index contributed by atoms with van der Waals surface area (Å²) in [5.41, 5.74) is 0.838. The largest absolute Gasteiger partial charge is 0.473 e. The molecule has 3 rings (SSSR count). The zero-order chi connectivity index (χ0) is 20.8. The number of pyridine rings is 1. The van der Waals surface area contributed by atoms with Crippen LogP contribution >= 0.6 is 0 Å². The maximum Gasteiger partial charge on any atom is 0.330 e. The molecule has 0 bridgehead atoms. The molecular formula is C21H20N4O4. The number of hydrogen-bond donors (Lipinski definition) is 1. The molecule has 0 saturated heterocycles. The smallest absolute Gasteiger partial charge is 0.330 e. The van der Waals surface area contributed by atoms with Crippen LogP contribution in [0.5, 0.6) is 5.88 Å². The summed E-state index contributed by atoms with van der Waals surface area (Å²) in [6, 6.07) is 13.0. The average Bonchev–Trinajstić information content (AvgIpc) is 2.74. The highest BCUT2D eigenvalue weighted by Crippen LogP contribution is 2.13. The first-order chi connectivity index (χ1) is 13.9. The molecular weight excluding hydrogens is 372 g/mol. The lowest BCUT2D eigenvalue weighted by molar-refractivity contribution is -0.111. The highest BCUT2D eigenvalue weighted by atomic mass is 16.5. The molecule has 0 unspecified atom stereocenters. The highest BCUT2D eigenvalue weighted by Gasteiger charge is 2.05. The number of carbonyl (C=O) groups is 1. The number of rotatable bonds is 6. The monoisotopic (exact) mass is 392 g/mol. The number of ether oxygens (including phenoxy) is 1. The highest BCUT2D eigenvalue weighted by molar-refractivity contribution is 6.01. The molecule has 1 N–H and O–H groups in total. The van der Waals surface area contributed by atoms with Crippen LogP contribution in [0.15, 0.2) is 70.5 Å². The Hall–Kier alpha value is -3.94. The Bertz CT molecular complexity index is 1150. The zero-order valence-corrected chi connectivity index (χ0v) is 16.0. The Morgan fingerprint density at radius 3 is 2.59 bits per heavy atom. The summed E-state index contributed by atoms with van der Waals surface area (Å²) in [4.78, 5) is 40.0. The van der Waals surface area contributed by atoms with E-state index in [1.807, 2.05) is 30.3 Å². The maximum atomic E-state index is 12.1. The lowest BCUT2D eigenvalue weighted by Crippen LogP contribution is -2.37. The van der Waals surface area contributed by atoms with E-state index in [0.717, 1.165) is 10.1 Å². The normalized spacial score (nSPS) is 10.8. The van der Waals surface area contributed by atoms with E-state index in [9.17, 15) is 14.4 Å². The van der Waals surface area contributed by atoms with Crippen LogP contribution in [-0.4, -0.2) is 20.0 Å². The molecule has 0 radical (unpaired) electrons. The van der Waals surface area contributed by atoms with Gasteiger partial charge in [0, 0.05) is 32.4 Å². The molecule has 2 aromatic heterocycles. The molecule has 0 saturated carbocycles. The lowest BCUT2D eigenvalue weighted by Gasteiger charge is -2.07. The molecule has 29 heavy (non-hydrogen) atoms. The quantitative estimate of drug-likeness (QED) is 0.645. The van der Waals surface area contributed by atoms with Gasteiger partial charge < -0.3 is 14.6 Å². The topological polar surface area (TPSA) is 95.2 Å². The number of carbonyl (C=O) groups excluding carboxylic acids is 1. The Kier molecular flexibility index (Phi) is 6.03. The summed E-state index contributed by atoms with van der Waals surface area (Å²) in [5, 5.41) is 2.65. The molecule has 8 nitrogen and oxygen atoms in total. The van der Waals surface area contributed by atoms with Crippen molar-refractivity contribution < 1.29 is 9.53 Å². The second kappa shape index (κ2) is 8.83. The van der Waals surface area contributed by atoms with E-state index in [1.54, 1.807) is 12.1 Å². The van der Waals surface area contributed by atoms with Crippen molar-refractivity contribution >= 4 is 17.7 Å². The third-order valence-corrected chi connectivity index (χ3v) is 4.12. The van der Waals surface area contributed by atoms with E-state index in [2.05, 4.69) is 10.3 Å². The van der Waals surface area contributed by atoms with Gasteiger partial charge in [0.2, 0.25) is 11.8 Å². The van der Waals surface area contributed by atoms with Gasteiger partial charge in [-0.25, -0.2) is 9.78 Å². The number of anilines is 1. The Morgan fingerprint density at radius 1 is 1.14 bits per heavy atom. The Balaban J connectivity index is 1.60. The fourth-order valence-corrected chi connectivity index (χ4v) is 2.57. The van der Waals surface area contributed by atoms with Gasteiger partial charge in [-0.05, 0) is 17.7 Å². The molecule has 1 amide bonds. The number of nitrogens with zero attached hydrogens (tertiary/aromatic N) is 3. The molecule has 0 atom stereocenters. The molecule has 0 fully saturated rings. The minimum absolute atomic E-state index is 0.229. The van der Waals surface area contributed by atoms with E-state index < -0.39 is 17.2 Å². The Labute approximate surface area is 166 Å². The van der Waals surface area contributed by atoms with Crippen molar-refractivity contribution in [2.45, 2.75) is 6.61 Å². The van der Waals surface area contributed by atoms with Gasteiger partial charge in [0.05, 0.1) is 17.4 Å². The number of benzene rings is 1. The van der Waals surface area contributed by atoms with Gasteiger partial charge in [-0.2, -0.15) is 0 Å². The molecule has 0 spiro atoms. The first-order valence-electron chi connectivity index (χ1n) is 8.82. The van der Waals surface area contributed by atoms with E-state index >= 15 is 0 Å². The lowest BCUT2D eigenvalue weighted by atomic mass is 10.2. The van der Waals surface area contributed by atoms with Gasteiger partial charge >= 0.3 is 5.69 Å². The summed E-state index contributed by atoms with van der Waals surface area (Å²) in [6.45, 7) is 0.400. The van der Waals surface area contributed by atoms with Crippen LogP contribution in [0, 0.1) is 0 Å². The molecule has 148 valence electrons. The second-order valence-electron chi connectivity index (χ2n) is 6.32. The van der Waals surface area contributed by atoms with Crippen molar-refractivity contribution in [3.8, 4) is 5.88 Å². The zero-order valence-electron chi connectivity index (χ0n) is 16.0. The van der Waals surface area contributed by atoms with Crippen molar-refractivity contribution in [2.24, 2.45) is 14.1 Å². The molecule has 0 aliphatic carbocycles. The van der Waals surface area contributed by atoms with Gasteiger partial charge in [0.1, 0.15) is 6.61 Å². The fraction of sp³-hybridized carbons (Fsp3) is 0.143. The van der Waals surface area contributed by atoms with Crippen molar-refractivity contribution in [3.63, 3.8) is 0 Å². The molecule has 2 heterocycles.